The van der Waals surface area contributed by atoms with Gasteiger partial charge in [-0.25, -0.2) is 8.42 Å². The fraction of sp³-hybridized carbons (Fsp3) is 0.342. The maximum atomic E-state index is 15.4. The number of aromatic nitrogens is 4. The van der Waals surface area contributed by atoms with Crippen molar-refractivity contribution in [1.29, 1.82) is 0 Å². The second kappa shape index (κ2) is 16.1. The molecule has 0 atom stereocenters. The van der Waals surface area contributed by atoms with Crippen molar-refractivity contribution in [3.05, 3.63) is 105 Å². The van der Waals surface area contributed by atoms with Crippen molar-refractivity contribution in [2.75, 3.05) is 34.4 Å². The number of rotatable bonds is 14. The lowest BCUT2D eigenvalue weighted by Gasteiger charge is -2.47. The van der Waals surface area contributed by atoms with Crippen molar-refractivity contribution in [3.63, 3.8) is 0 Å². The largest absolute Gasteiger partial charge is 0.497 e. The summed E-state index contributed by atoms with van der Waals surface area (Å²) in [4.78, 5) is 4.74. The maximum Gasteiger partial charge on any atom is 0.245 e. The number of sulfonamides is 1. The molecule has 0 amide bonds. The predicted molar refractivity (Wildman–Crippen MR) is 211 cm³/mol. The lowest BCUT2D eigenvalue weighted by atomic mass is 10.0. The van der Waals surface area contributed by atoms with Crippen LogP contribution in [0.3, 0.4) is 0 Å². The van der Waals surface area contributed by atoms with Crippen LogP contribution in [-0.4, -0.2) is 83.0 Å². The number of hydrogen-bond acceptors (Lipinski definition) is 10. The molecule has 5 aromatic rings. The minimum atomic E-state index is -4.19. The van der Waals surface area contributed by atoms with Crippen molar-refractivity contribution in [2.45, 2.75) is 61.0 Å². The summed E-state index contributed by atoms with van der Waals surface area (Å²) in [6.45, 7) is 8.92. The Bertz CT molecular complexity index is 2030. The zero-order valence-electron chi connectivity index (χ0n) is 30.1. The Morgan fingerprint density at radius 2 is 1.29 bits per heavy atom. The van der Waals surface area contributed by atoms with Crippen LogP contribution in [-0.2, 0) is 29.7 Å². The fourth-order valence-electron chi connectivity index (χ4n) is 5.87. The van der Waals surface area contributed by atoms with E-state index in [0.29, 0.717) is 32.1 Å². The Kier molecular flexibility index (Phi) is 11.8. The van der Waals surface area contributed by atoms with Crippen LogP contribution in [0.2, 0.25) is 0 Å². The molecular weight excluding hydrogens is 811 g/mol. The van der Waals surface area contributed by atoms with Crippen molar-refractivity contribution >= 4 is 44.4 Å². The van der Waals surface area contributed by atoms with Crippen molar-refractivity contribution in [1.82, 2.24) is 29.4 Å². The zero-order chi connectivity index (χ0) is 37.0. The molecule has 0 bridgehead atoms. The van der Waals surface area contributed by atoms with Gasteiger partial charge in [-0.15, -0.1) is 22.0 Å². The van der Waals surface area contributed by atoms with E-state index in [-0.39, 0.29) is 34.6 Å². The van der Waals surface area contributed by atoms with Crippen LogP contribution in [0.4, 0.5) is 0 Å². The number of methoxy groups -OCH3 is 3. The topological polar surface area (TPSA) is 112 Å². The highest BCUT2D eigenvalue weighted by atomic mass is 127. The van der Waals surface area contributed by atoms with Crippen molar-refractivity contribution < 1.29 is 22.6 Å². The van der Waals surface area contributed by atoms with E-state index < -0.39 is 10.0 Å². The fourth-order valence-corrected chi connectivity index (χ4v) is 10.1. The number of hydrogen-bond donors (Lipinski definition) is 0. The summed E-state index contributed by atoms with van der Waals surface area (Å²) in [6, 6.07) is 26.4. The molecule has 6 rings (SSSR count). The molecule has 274 valence electrons. The highest BCUT2D eigenvalue weighted by molar-refractivity contribution is 14.1. The van der Waals surface area contributed by atoms with E-state index in [0.717, 1.165) is 35.5 Å². The van der Waals surface area contributed by atoms with Crippen molar-refractivity contribution in [3.8, 4) is 28.6 Å². The third-order valence-electron chi connectivity index (χ3n) is 8.95. The zero-order valence-corrected chi connectivity index (χ0v) is 33.9. The Morgan fingerprint density at radius 1 is 0.788 bits per heavy atom. The van der Waals surface area contributed by atoms with Gasteiger partial charge >= 0.3 is 0 Å². The second-order valence-electron chi connectivity index (χ2n) is 13.5. The van der Waals surface area contributed by atoms with Gasteiger partial charge in [0.15, 0.2) is 0 Å². The number of nitrogens with zero attached hydrogens (tertiary/aromatic N) is 6. The van der Waals surface area contributed by atoms with E-state index in [9.17, 15) is 0 Å². The molecule has 0 unspecified atom stereocenters. The van der Waals surface area contributed by atoms with E-state index in [1.807, 2.05) is 84.9 Å². The normalized spacial score (nSPS) is 14.0. The number of thioether (sulfide) groups is 1. The van der Waals surface area contributed by atoms with Crippen LogP contribution in [0.15, 0.2) is 94.7 Å². The molecule has 11 nitrogen and oxygen atoms in total. The summed E-state index contributed by atoms with van der Waals surface area (Å²) in [5.74, 6) is 2.39. The first-order valence-electron chi connectivity index (χ1n) is 16.8. The lowest BCUT2D eigenvalue weighted by Crippen LogP contribution is -2.57. The third-order valence-corrected chi connectivity index (χ3v) is 13.1. The average Bonchev–Trinajstić information content (AvgIpc) is 3.57. The van der Waals surface area contributed by atoms with E-state index in [2.05, 4.69) is 58.6 Å². The van der Waals surface area contributed by atoms with Gasteiger partial charge in [-0.05, 0) is 114 Å². The van der Waals surface area contributed by atoms with Crippen molar-refractivity contribution in [2.24, 2.45) is 0 Å². The third kappa shape index (κ3) is 8.73. The Hall–Kier alpha value is -3.70. The van der Waals surface area contributed by atoms with Gasteiger partial charge in [0.1, 0.15) is 22.1 Å². The molecule has 1 aliphatic rings. The Balaban J connectivity index is 1.44. The highest BCUT2D eigenvalue weighted by Gasteiger charge is 2.38. The van der Waals surface area contributed by atoms with Gasteiger partial charge in [-0.2, -0.15) is 9.10 Å². The highest BCUT2D eigenvalue weighted by Crippen LogP contribution is 2.43. The van der Waals surface area contributed by atoms with Crippen LogP contribution in [0.25, 0.3) is 11.4 Å². The predicted octanol–water partition coefficient (Wildman–Crippen LogP) is 6.98. The van der Waals surface area contributed by atoms with Gasteiger partial charge in [0.25, 0.3) is 0 Å². The summed E-state index contributed by atoms with van der Waals surface area (Å²) in [5, 5.41) is 13.8. The molecule has 0 spiro atoms. The van der Waals surface area contributed by atoms with Gasteiger partial charge < -0.3 is 14.2 Å². The van der Waals surface area contributed by atoms with E-state index in [1.165, 1.54) is 9.10 Å². The molecule has 1 saturated heterocycles. The molecule has 0 radical (unpaired) electrons. The average molecular weight is 855 g/mol. The lowest BCUT2D eigenvalue weighted by molar-refractivity contribution is 0.0754. The first kappa shape index (κ1) is 38.0. The number of likely N-dealkylation sites (tertiary alicyclic amines) is 1. The summed E-state index contributed by atoms with van der Waals surface area (Å²) in [5.41, 5.74) is 3.07. The molecular formula is C38H43IN6O5S2. The standard InChI is InChI=1S/C38H43IN6O5S2/c1-38(2,3)43-24-32(25-43)51-34-20-19-33(39)35(37-40-42-45(41-37)23-28-11-17-31(50-6)18-12-28)36(34)52(46,47)44(21-26-7-13-29(48-4)14-8-26)22-27-9-15-30(49-5)16-10-27/h7-20,32H,21-25H2,1-6H3. The first-order valence-corrected chi connectivity index (χ1v) is 20.2. The van der Waals surface area contributed by atoms with Crippen LogP contribution in [0, 0.1) is 3.57 Å². The van der Waals surface area contributed by atoms with Crippen LogP contribution in [0.5, 0.6) is 17.2 Å². The summed E-state index contributed by atoms with van der Waals surface area (Å²) in [7, 11) is 0.653. The minimum absolute atomic E-state index is 0.0308. The number of halogens is 1. The maximum absolute atomic E-state index is 15.4. The van der Waals surface area contributed by atoms with E-state index in [1.54, 1.807) is 33.1 Å². The molecule has 0 saturated carbocycles. The molecule has 2 heterocycles. The molecule has 0 aliphatic carbocycles. The quantitative estimate of drug-likeness (QED) is 0.109. The van der Waals surface area contributed by atoms with Gasteiger partial charge in [0.05, 0.1) is 33.4 Å². The van der Waals surface area contributed by atoms with Gasteiger partial charge in [0.2, 0.25) is 15.8 Å². The molecule has 0 N–H and O–H groups in total. The minimum Gasteiger partial charge on any atom is -0.497 e. The van der Waals surface area contributed by atoms with E-state index >= 15 is 8.42 Å². The smallest absolute Gasteiger partial charge is 0.245 e. The summed E-state index contributed by atoms with van der Waals surface area (Å²) in [6.07, 6.45) is 0. The van der Waals surface area contributed by atoms with Crippen LogP contribution >= 0.6 is 34.4 Å². The molecule has 14 heteroatoms. The SMILES string of the molecule is COc1ccc(CN(Cc2ccc(OC)cc2)S(=O)(=O)c2c(SC3CN(C(C)(C)C)C3)ccc(I)c2-c2nnn(Cc3ccc(OC)cc3)n2)cc1. The molecule has 1 aliphatic heterocycles. The van der Waals surface area contributed by atoms with Gasteiger partial charge in [0, 0.05) is 45.4 Å². The molecule has 1 fully saturated rings. The summed E-state index contributed by atoms with van der Waals surface area (Å²) >= 11 is 3.78. The first-order chi connectivity index (χ1) is 24.9. The number of tetrazole rings is 1. The van der Waals surface area contributed by atoms with Gasteiger partial charge in [-0.3, -0.25) is 4.90 Å². The Labute approximate surface area is 323 Å². The second-order valence-corrected chi connectivity index (χ2v) is 17.9. The Morgan fingerprint density at radius 3 is 1.77 bits per heavy atom. The summed E-state index contributed by atoms with van der Waals surface area (Å²) < 4.78 is 49.0. The number of benzene rings is 4. The molecule has 52 heavy (non-hydrogen) atoms. The molecule has 4 aromatic carbocycles. The van der Waals surface area contributed by atoms with Crippen LogP contribution in [0.1, 0.15) is 37.5 Å². The van der Waals surface area contributed by atoms with E-state index in [4.69, 9.17) is 19.3 Å². The molecule has 1 aromatic heterocycles. The van der Waals surface area contributed by atoms with Crippen LogP contribution < -0.4 is 14.2 Å². The number of ether oxygens (including phenoxy) is 3. The monoisotopic (exact) mass is 854 g/mol. The van der Waals surface area contributed by atoms with Gasteiger partial charge in [-0.1, -0.05) is 36.4 Å².